The van der Waals surface area contributed by atoms with Crippen LogP contribution in [0.25, 0.3) is 0 Å². The maximum atomic E-state index is 5.45. The molecule has 0 aliphatic rings. The Morgan fingerprint density at radius 1 is 0.562 bits per heavy atom. The fourth-order valence-electron chi connectivity index (χ4n) is 1.99. The van der Waals surface area contributed by atoms with Gasteiger partial charge in [0.2, 0.25) is 0 Å². The van der Waals surface area contributed by atoms with Crippen LogP contribution in [-0.2, 0) is 0 Å². The van der Waals surface area contributed by atoms with Crippen LogP contribution >= 0.6 is 0 Å². The first-order valence-corrected chi connectivity index (χ1v) is 7.12. The predicted molar refractivity (Wildman–Crippen MR) is 75.9 cm³/mol. The molecule has 0 fully saturated rings. The van der Waals surface area contributed by atoms with Gasteiger partial charge in [-0.2, -0.15) is 0 Å². The standard InChI is InChI=1S/C14H31N.Na/c1-2-3-4-5-6-7-8-9-10-11-12-13-14-15;/h2-15H2,1H3;. The van der Waals surface area contributed by atoms with Crippen LogP contribution in [0.5, 0.6) is 0 Å². The van der Waals surface area contributed by atoms with E-state index in [4.69, 9.17) is 5.73 Å². The van der Waals surface area contributed by atoms with Crippen molar-refractivity contribution in [3.05, 3.63) is 0 Å². The van der Waals surface area contributed by atoms with Crippen molar-refractivity contribution in [3.63, 3.8) is 0 Å². The summed E-state index contributed by atoms with van der Waals surface area (Å²) >= 11 is 0. The quantitative estimate of drug-likeness (QED) is 0.397. The van der Waals surface area contributed by atoms with Gasteiger partial charge in [-0.3, -0.25) is 0 Å². The summed E-state index contributed by atoms with van der Waals surface area (Å²) in [5.74, 6) is 0. The van der Waals surface area contributed by atoms with Crippen molar-refractivity contribution in [1.29, 1.82) is 0 Å². The SMILES string of the molecule is CCCCCCCCCCCCCCN.[Na]. The minimum Gasteiger partial charge on any atom is -0.330 e. The third-order valence-electron chi connectivity index (χ3n) is 3.06. The van der Waals surface area contributed by atoms with E-state index < -0.39 is 0 Å². The van der Waals surface area contributed by atoms with E-state index >= 15 is 0 Å². The summed E-state index contributed by atoms with van der Waals surface area (Å²) < 4.78 is 0. The van der Waals surface area contributed by atoms with Gasteiger partial charge in [0.25, 0.3) is 0 Å². The molecule has 0 saturated heterocycles. The third-order valence-corrected chi connectivity index (χ3v) is 3.06. The van der Waals surface area contributed by atoms with Crippen molar-refractivity contribution in [2.75, 3.05) is 6.54 Å². The minimum atomic E-state index is 0. The zero-order valence-electron chi connectivity index (χ0n) is 11.8. The Bertz CT molecular complexity index is 94.9. The van der Waals surface area contributed by atoms with E-state index in [1.807, 2.05) is 0 Å². The molecule has 93 valence electrons. The van der Waals surface area contributed by atoms with Crippen LogP contribution in [0.1, 0.15) is 84.0 Å². The topological polar surface area (TPSA) is 26.0 Å². The number of unbranched alkanes of at least 4 members (excludes halogenated alkanes) is 11. The van der Waals surface area contributed by atoms with Gasteiger partial charge in [-0.25, -0.2) is 0 Å². The fraction of sp³-hybridized carbons (Fsp3) is 1.00. The smallest absolute Gasteiger partial charge is 0 e. The number of rotatable bonds is 12. The van der Waals surface area contributed by atoms with Gasteiger partial charge in [-0.1, -0.05) is 77.6 Å². The van der Waals surface area contributed by atoms with Crippen molar-refractivity contribution >= 4 is 29.6 Å². The molecular weight excluding hydrogens is 205 g/mol. The van der Waals surface area contributed by atoms with E-state index in [9.17, 15) is 0 Å². The van der Waals surface area contributed by atoms with Crippen molar-refractivity contribution < 1.29 is 0 Å². The largest absolute Gasteiger partial charge is 0.330 e. The van der Waals surface area contributed by atoms with Crippen LogP contribution in [0.2, 0.25) is 0 Å². The van der Waals surface area contributed by atoms with Gasteiger partial charge in [0, 0.05) is 29.6 Å². The molecule has 1 radical (unpaired) electrons. The average molecular weight is 236 g/mol. The molecule has 0 aliphatic carbocycles. The van der Waals surface area contributed by atoms with E-state index in [1.165, 1.54) is 77.0 Å². The average Bonchev–Trinajstić information content (AvgIpc) is 2.26. The zero-order chi connectivity index (χ0) is 11.2. The van der Waals surface area contributed by atoms with Gasteiger partial charge in [-0.15, -0.1) is 0 Å². The molecule has 0 aromatic heterocycles. The molecule has 2 heteroatoms. The van der Waals surface area contributed by atoms with Gasteiger partial charge < -0.3 is 5.73 Å². The Hall–Kier alpha value is 0.960. The van der Waals surface area contributed by atoms with Gasteiger partial charge in [0.05, 0.1) is 0 Å². The summed E-state index contributed by atoms with van der Waals surface area (Å²) in [6.45, 7) is 3.15. The molecule has 0 aromatic carbocycles. The van der Waals surface area contributed by atoms with Crippen LogP contribution in [-0.4, -0.2) is 36.1 Å². The molecule has 0 aliphatic heterocycles. The summed E-state index contributed by atoms with van der Waals surface area (Å²) in [5.41, 5.74) is 5.45. The Labute approximate surface area is 125 Å². The molecule has 2 N–H and O–H groups in total. The molecule has 0 aromatic rings. The van der Waals surface area contributed by atoms with Gasteiger partial charge in [-0.05, 0) is 13.0 Å². The fourth-order valence-corrected chi connectivity index (χ4v) is 1.99. The number of hydrogen-bond acceptors (Lipinski definition) is 1. The molecule has 0 heterocycles. The molecule has 0 unspecified atom stereocenters. The first-order chi connectivity index (χ1) is 7.41. The van der Waals surface area contributed by atoms with Gasteiger partial charge >= 0.3 is 0 Å². The monoisotopic (exact) mass is 236 g/mol. The molecular formula is C14H31NNa. The molecule has 16 heavy (non-hydrogen) atoms. The van der Waals surface area contributed by atoms with Crippen LogP contribution in [0.3, 0.4) is 0 Å². The van der Waals surface area contributed by atoms with Crippen molar-refractivity contribution in [3.8, 4) is 0 Å². The Balaban J connectivity index is 0. The minimum absolute atomic E-state index is 0. The van der Waals surface area contributed by atoms with Crippen molar-refractivity contribution in [1.82, 2.24) is 0 Å². The molecule has 0 amide bonds. The normalized spacial score (nSPS) is 10.1. The van der Waals surface area contributed by atoms with E-state index in [0.717, 1.165) is 6.54 Å². The first-order valence-electron chi connectivity index (χ1n) is 7.12. The van der Waals surface area contributed by atoms with E-state index in [2.05, 4.69) is 6.92 Å². The summed E-state index contributed by atoms with van der Waals surface area (Å²) in [4.78, 5) is 0. The molecule has 0 bridgehead atoms. The summed E-state index contributed by atoms with van der Waals surface area (Å²) in [7, 11) is 0. The van der Waals surface area contributed by atoms with Crippen LogP contribution < -0.4 is 5.73 Å². The molecule has 0 rings (SSSR count). The predicted octanol–water partition coefficient (Wildman–Crippen LogP) is 4.27. The second kappa shape index (κ2) is 18.3. The second-order valence-electron chi connectivity index (χ2n) is 4.68. The number of nitrogens with two attached hydrogens (primary N) is 1. The van der Waals surface area contributed by atoms with Gasteiger partial charge in [0.1, 0.15) is 0 Å². The summed E-state index contributed by atoms with van der Waals surface area (Å²) in [6, 6.07) is 0. The van der Waals surface area contributed by atoms with Crippen LogP contribution in [0.15, 0.2) is 0 Å². The van der Waals surface area contributed by atoms with E-state index in [0.29, 0.717) is 0 Å². The first kappa shape index (κ1) is 19.3. The van der Waals surface area contributed by atoms with E-state index in [1.54, 1.807) is 0 Å². The van der Waals surface area contributed by atoms with Crippen molar-refractivity contribution in [2.45, 2.75) is 84.0 Å². The van der Waals surface area contributed by atoms with E-state index in [-0.39, 0.29) is 29.6 Å². The molecule has 0 saturated carbocycles. The van der Waals surface area contributed by atoms with Gasteiger partial charge in [0.15, 0.2) is 0 Å². The Morgan fingerprint density at radius 2 is 0.875 bits per heavy atom. The maximum absolute atomic E-state index is 5.45. The molecule has 1 nitrogen and oxygen atoms in total. The second-order valence-corrected chi connectivity index (χ2v) is 4.68. The van der Waals surface area contributed by atoms with Crippen LogP contribution in [0, 0.1) is 0 Å². The molecule has 0 atom stereocenters. The third kappa shape index (κ3) is 17.4. The number of hydrogen-bond donors (Lipinski definition) is 1. The van der Waals surface area contributed by atoms with Crippen molar-refractivity contribution in [2.24, 2.45) is 5.73 Å². The Kier molecular flexibility index (Phi) is 22.1. The Morgan fingerprint density at radius 3 is 1.19 bits per heavy atom. The molecule has 0 spiro atoms. The zero-order valence-corrected chi connectivity index (χ0v) is 13.8. The maximum Gasteiger partial charge on any atom is 0 e. The summed E-state index contributed by atoms with van der Waals surface area (Å²) in [6.07, 6.45) is 16.9. The summed E-state index contributed by atoms with van der Waals surface area (Å²) in [5, 5.41) is 0. The van der Waals surface area contributed by atoms with Crippen LogP contribution in [0.4, 0.5) is 0 Å².